The standard InChI is InChI=1S/C20H31N5O2.HI/c1-21-20(22-12-5-8-18(26)24-17-9-10-17)23-13-11-15-6-4-7-16(14-15)19(27)25(2)3;/h4,6-7,14,17H,5,8-13H2,1-3H3,(H,24,26)(H2,21,22,23);1H. The zero-order chi connectivity index (χ0) is 19.6. The van der Waals surface area contributed by atoms with Crippen LogP contribution in [0.1, 0.15) is 41.6 Å². The summed E-state index contributed by atoms with van der Waals surface area (Å²) in [5.74, 6) is 0.862. The third-order valence-corrected chi connectivity index (χ3v) is 4.33. The molecule has 7 nitrogen and oxygen atoms in total. The van der Waals surface area contributed by atoms with Gasteiger partial charge in [0.15, 0.2) is 5.96 Å². The van der Waals surface area contributed by atoms with Gasteiger partial charge in [-0.25, -0.2) is 0 Å². The van der Waals surface area contributed by atoms with Gasteiger partial charge < -0.3 is 20.9 Å². The first-order valence-corrected chi connectivity index (χ1v) is 9.54. The summed E-state index contributed by atoms with van der Waals surface area (Å²) in [4.78, 5) is 29.5. The number of rotatable bonds is 9. The van der Waals surface area contributed by atoms with Crippen molar-refractivity contribution in [2.75, 3.05) is 34.2 Å². The van der Waals surface area contributed by atoms with Crippen molar-refractivity contribution in [1.82, 2.24) is 20.9 Å². The van der Waals surface area contributed by atoms with Gasteiger partial charge in [-0.1, -0.05) is 12.1 Å². The lowest BCUT2D eigenvalue weighted by Crippen LogP contribution is -2.39. The highest BCUT2D eigenvalue weighted by molar-refractivity contribution is 14.0. The Balaban J connectivity index is 0.00000392. The topological polar surface area (TPSA) is 85.8 Å². The molecule has 28 heavy (non-hydrogen) atoms. The first-order chi connectivity index (χ1) is 13.0. The van der Waals surface area contributed by atoms with Gasteiger partial charge in [0.1, 0.15) is 0 Å². The molecule has 0 spiro atoms. The minimum absolute atomic E-state index is 0. The van der Waals surface area contributed by atoms with Gasteiger partial charge in [0, 0.05) is 52.3 Å². The maximum atomic E-state index is 12.0. The minimum atomic E-state index is 0. The molecular formula is C20H32IN5O2. The number of guanidine groups is 1. The molecule has 3 N–H and O–H groups in total. The Bertz CT molecular complexity index is 674. The molecule has 2 rings (SSSR count). The first-order valence-electron chi connectivity index (χ1n) is 9.54. The Morgan fingerprint density at radius 3 is 2.54 bits per heavy atom. The quantitative estimate of drug-likeness (QED) is 0.209. The lowest BCUT2D eigenvalue weighted by atomic mass is 10.1. The van der Waals surface area contributed by atoms with E-state index in [-0.39, 0.29) is 35.8 Å². The summed E-state index contributed by atoms with van der Waals surface area (Å²) in [5.41, 5.74) is 1.80. The van der Waals surface area contributed by atoms with Gasteiger partial charge in [0.05, 0.1) is 0 Å². The second-order valence-electron chi connectivity index (χ2n) is 7.02. The van der Waals surface area contributed by atoms with E-state index in [1.54, 1.807) is 26.0 Å². The molecule has 0 saturated heterocycles. The molecule has 0 bridgehead atoms. The highest BCUT2D eigenvalue weighted by Gasteiger charge is 2.22. The van der Waals surface area contributed by atoms with E-state index in [1.165, 1.54) is 0 Å². The molecule has 0 aliphatic heterocycles. The number of nitrogens with zero attached hydrogens (tertiary/aromatic N) is 2. The van der Waals surface area contributed by atoms with Gasteiger partial charge in [0.2, 0.25) is 5.91 Å². The summed E-state index contributed by atoms with van der Waals surface area (Å²) in [6.07, 6.45) is 4.33. The molecule has 0 atom stereocenters. The fourth-order valence-electron chi connectivity index (χ4n) is 2.65. The lowest BCUT2D eigenvalue weighted by Gasteiger charge is -2.13. The number of carbonyl (C=O) groups excluding carboxylic acids is 2. The summed E-state index contributed by atoms with van der Waals surface area (Å²) >= 11 is 0. The average Bonchev–Trinajstić information content (AvgIpc) is 3.47. The molecule has 1 aliphatic carbocycles. The van der Waals surface area contributed by atoms with Crippen molar-refractivity contribution < 1.29 is 9.59 Å². The lowest BCUT2D eigenvalue weighted by molar-refractivity contribution is -0.121. The Kier molecular flexibility index (Phi) is 10.9. The van der Waals surface area contributed by atoms with Crippen LogP contribution in [0.15, 0.2) is 29.3 Å². The maximum Gasteiger partial charge on any atom is 0.253 e. The maximum absolute atomic E-state index is 12.0. The molecule has 156 valence electrons. The van der Waals surface area contributed by atoms with Crippen LogP contribution in [-0.2, 0) is 11.2 Å². The van der Waals surface area contributed by atoms with Gasteiger partial charge >= 0.3 is 0 Å². The Morgan fingerprint density at radius 1 is 1.18 bits per heavy atom. The molecule has 1 fully saturated rings. The van der Waals surface area contributed by atoms with E-state index in [0.29, 0.717) is 31.1 Å². The Morgan fingerprint density at radius 2 is 1.89 bits per heavy atom. The van der Waals surface area contributed by atoms with Crippen molar-refractivity contribution in [2.24, 2.45) is 4.99 Å². The normalized spacial score (nSPS) is 13.3. The van der Waals surface area contributed by atoms with Crippen molar-refractivity contribution in [1.29, 1.82) is 0 Å². The molecule has 2 amide bonds. The molecule has 1 saturated carbocycles. The summed E-state index contributed by atoms with van der Waals surface area (Å²) in [7, 11) is 5.23. The van der Waals surface area contributed by atoms with Gasteiger partial charge in [-0.2, -0.15) is 0 Å². The SMILES string of the molecule is CN=C(NCCCC(=O)NC1CC1)NCCc1cccc(C(=O)N(C)C)c1.I. The monoisotopic (exact) mass is 501 g/mol. The summed E-state index contributed by atoms with van der Waals surface area (Å²) in [6, 6.07) is 8.11. The van der Waals surface area contributed by atoms with Crippen molar-refractivity contribution in [3.05, 3.63) is 35.4 Å². The molecule has 0 aromatic heterocycles. The second-order valence-corrected chi connectivity index (χ2v) is 7.02. The number of hydrogen-bond donors (Lipinski definition) is 3. The number of carbonyl (C=O) groups is 2. The van der Waals surface area contributed by atoms with E-state index in [4.69, 9.17) is 0 Å². The highest BCUT2D eigenvalue weighted by Crippen LogP contribution is 2.18. The van der Waals surface area contributed by atoms with E-state index < -0.39 is 0 Å². The fourth-order valence-corrected chi connectivity index (χ4v) is 2.65. The molecular weight excluding hydrogens is 469 g/mol. The third-order valence-electron chi connectivity index (χ3n) is 4.33. The van der Waals surface area contributed by atoms with Gasteiger partial charge in [-0.3, -0.25) is 14.6 Å². The van der Waals surface area contributed by atoms with Crippen LogP contribution in [0.3, 0.4) is 0 Å². The van der Waals surface area contributed by atoms with Crippen LogP contribution in [-0.4, -0.2) is 62.9 Å². The highest BCUT2D eigenvalue weighted by atomic mass is 127. The van der Waals surface area contributed by atoms with Gasteiger partial charge in [-0.05, 0) is 43.4 Å². The van der Waals surface area contributed by atoms with Gasteiger partial charge in [-0.15, -0.1) is 24.0 Å². The van der Waals surface area contributed by atoms with Crippen molar-refractivity contribution >= 4 is 41.8 Å². The van der Waals surface area contributed by atoms with Crippen LogP contribution in [0.2, 0.25) is 0 Å². The Hall–Kier alpha value is -1.84. The van der Waals surface area contributed by atoms with Crippen LogP contribution in [0.4, 0.5) is 0 Å². The third kappa shape index (κ3) is 8.90. The average molecular weight is 501 g/mol. The van der Waals surface area contributed by atoms with E-state index in [9.17, 15) is 9.59 Å². The summed E-state index contributed by atoms with van der Waals surface area (Å²) in [6.45, 7) is 1.41. The number of nitrogens with one attached hydrogen (secondary N) is 3. The van der Waals surface area contributed by atoms with Crippen molar-refractivity contribution in [2.45, 2.75) is 38.1 Å². The summed E-state index contributed by atoms with van der Waals surface area (Å²) < 4.78 is 0. The number of aliphatic imine (C=N–C) groups is 1. The van der Waals surface area contributed by atoms with Crippen molar-refractivity contribution in [3.8, 4) is 0 Å². The second kappa shape index (κ2) is 12.6. The molecule has 0 radical (unpaired) electrons. The largest absolute Gasteiger partial charge is 0.356 e. The van der Waals surface area contributed by atoms with Crippen molar-refractivity contribution in [3.63, 3.8) is 0 Å². The van der Waals surface area contributed by atoms with Crippen LogP contribution in [0.5, 0.6) is 0 Å². The van der Waals surface area contributed by atoms with Crippen LogP contribution >= 0.6 is 24.0 Å². The van der Waals surface area contributed by atoms with Gasteiger partial charge in [0.25, 0.3) is 5.91 Å². The zero-order valence-electron chi connectivity index (χ0n) is 17.0. The minimum Gasteiger partial charge on any atom is -0.356 e. The zero-order valence-corrected chi connectivity index (χ0v) is 19.3. The molecule has 1 aromatic rings. The van der Waals surface area contributed by atoms with E-state index in [2.05, 4.69) is 20.9 Å². The molecule has 1 aromatic carbocycles. The molecule has 0 heterocycles. The van der Waals surface area contributed by atoms with Crippen LogP contribution in [0, 0.1) is 0 Å². The summed E-state index contributed by atoms with van der Waals surface area (Å²) in [5, 5.41) is 9.47. The predicted molar refractivity (Wildman–Crippen MR) is 123 cm³/mol. The smallest absolute Gasteiger partial charge is 0.253 e. The number of halogens is 1. The number of benzene rings is 1. The van der Waals surface area contributed by atoms with Crippen LogP contribution < -0.4 is 16.0 Å². The molecule has 1 aliphatic rings. The van der Waals surface area contributed by atoms with E-state index >= 15 is 0 Å². The number of hydrogen-bond acceptors (Lipinski definition) is 3. The Labute approximate surface area is 184 Å². The predicted octanol–water partition coefficient (Wildman–Crippen LogP) is 1.77. The van der Waals surface area contributed by atoms with E-state index in [1.807, 2.05) is 24.3 Å². The molecule has 0 unspecified atom stereocenters. The number of amides is 2. The first kappa shape index (κ1) is 24.2. The molecule has 8 heteroatoms. The van der Waals surface area contributed by atoms with Crippen LogP contribution in [0.25, 0.3) is 0 Å². The fraction of sp³-hybridized carbons (Fsp3) is 0.550. The van der Waals surface area contributed by atoms with E-state index in [0.717, 1.165) is 37.2 Å².